The number of amides is 1. The summed E-state index contributed by atoms with van der Waals surface area (Å²) in [5.41, 5.74) is 1.35. The van der Waals surface area contributed by atoms with E-state index in [1.54, 1.807) is 0 Å². The molecule has 1 N–H and O–H groups in total. The third kappa shape index (κ3) is 3.85. The van der Waals surface area contributed by atoms with Gasteiger partial charge < -0.3 is 10.2 Å². The van der Waals surface area contributed by atoms with Crippen LogP contribution >= 0.6 is 0 Å². The van der Waals surface area contributed by atoms with Gasteiger partial charge in [0.05, 0.1) is 0 Å². The summed E-state index contributed by atoms with van der Waals surface area (Å²) >= 11 is 0. The Bertz CT molecular complexity index is 454. The first-order chi connectivity index (χ1) is 10.3. The topological polar surface area (TPSA) is 32.3 Å². The molecule has 2 atom stereocenters. The van der Waals surface area contributed by atoms with Gasteiger partial charge in [0.2, 0.25) is 5.91 Å². The molecule has 2 saturated heterocycles. The van der Waals surface area contributed by atoms with Crippen LogP contribution in [0.3, 0.4) is 0 Å². The van der Waals surface area contributed by atoms with Crippen LogP contribution < -0.4 is 5.32 Å². The monoisotopic (exact) mass is 286 g/mol. The summed E-state index contributed by atoms with van der Waals surface area (Å²) in [7, 11) is 0. The highest BCUT2D eigenvalue weighted by atomic mass is 16.2. The first kappa shape index (κ1) is 14.6. The molecule has 114 valence electrons. The average molecular weight is 286 g/mol. The Labute approximate surface area is 127 Å². The van der Waals surface area contributed by atoms with E-state index in [4.69, 9.17) is 0 Å². The van der Waals surface area contributed by atoms with Crippen LogP contribution in [0.5, 0.6) is 0 Å². The van der Waals surface area contributed by atoms with Gasteiger partial charge in [0.25, 0.3) is 0 Å². The lowest BCUT2D eigenvalue weighted by Crippen LogP contribution is -2.46. The maximum absolute atomic E-state index is 12.6. The molecule has 0 spiro atoms. The fraction of sp³-hybridized carbons (Fsp3) is 0.611. The van der Waals surface area contributed by atoms with E-state index in [9.17, 15) is 4.79 Å². The molecule has 0 radical (unpaired) electrons. The van der Waals surface area contributed by atoms with Gasteiger partial charge in [0.15, 0.2) is 0 Å². The lowest BCUT2D eigenvalue weighted by atomic mass is 9.95. The highest BCUT2D eigenvalue weighted by Crippen LogP contribution is 2.22. The molecule has 2 aliphatic rings. The van der Waals surface area contributed by atoms with E-state index in [0.29, 0.717) is 24.4 Å². The highest BCUT2D eigenvalue weighted by molar-refractivity contribution is 5.77. The zero-order valence-corrected chi connectivity index (χ0v) is 12.8. The van der Waals surface area contributed by atoms with E-state index < -0.39 is 0 Å². The van der Waals surface area contributed by atoms with Gasteiger partial charge in [-0.3, -0.25) is 4.79 Å². The van der Waals surface area contributed by atoms with E-state index in [0.717, 1.165) is 38.8 Å². The SMILES string of the molecule is O=C(CC1CCCN1)N1CCCCC1Cc1ccccc1. The first-order valence-corrected chi connectivity index (χ1v) is 8.40. The molecule has 0 aromatic heterocycles. The van der Waals surface area contributed by atoms with Crippen molar-refractivity contribution in [2.24, 2.45) is 0 Å². The fourth-order valence-corrected chi connectivity index (χ4v) is 3.69. The second-order valence-electron chi connectivity index (χ2n) is 6.42. The number of hydrogen-bond donors (Lipinski definition) is 1. The van der Waals surface area contributed by atoms with Gasteiger partial charge in [-0.2, -0.15) is 0 Å². The molecule has 2 heterocycles. The molecular weight excluding hydrogens is 260 g/mol. The fourth-order valence-electron chi connectivity index (χ4n) is 3.69. The van der Waals surface area contributed by atoms with Gasteiger partial charge in [-0.15, -0.1) is 0 Å². The number of hydrogen-bond acceptors (Lipinski definition) is 2. The highest BCUT2D eigenvalue weighted by Gasteiger charge is 2.28. The maximum Gasteiger partial charge on any atom is 0.224 e. The minimum Gasteiger partial charge on any atom is -0.339 e. The number of likely N-dealkylation sites (tertiary alicyclic amines) is 1. The molecule has 3 nitrogen and oxygen atoms in total. The van der Waals surface area contributed by atoms with Crippen LogP contribution in [0, 0.1) is 0 Å². The van der Waals surface area contributed by atoms with Crippen molar-refractivity contribution in [3.8, 4) is 0 Å². The summed E-state index contributed by atoms with van der Waals surface area (Å²) in [5.74, 6) is 0.357. The third-order valence-corrected chi connectivity index (χ3v) is 4.85. The van der Waals surface area contributed by atoms with Gasteiger partial charge in [-0.05, 0) is 50.6 Å². The third-order valence-electron chi connectivity index (χ3n) is 4.85. The molecule has 21 heavy (non-hydrogen) atoms. The summed E-state index contributed by atoms with van der Waals surface area (Å²) in [5, 5.41) is 3.44. The van der Waals surface area contributed by atoms with Crippen molar-refractivity contribution in [1.82, 2.24) is 10.2 Å². The number of nitrogens with one attached hydrogen (secondary N) is 1. The van der Waals surface area contributed by atoms with Crippen molar-refractivity contribution in [1.29, 1.82) is 0 Å². The van der Waals surface area contributed by atoms with Crippen LogP contribution in [0.1, 0.15) is 44.1 Å². The number of rotatable bonds is 4. The quantitative estimate of drug-likeness (QED) is 0.923. The van der Waals surface area contributed by atoms with Crippen molar-refractivity contribution in [2.75, 3.05) is 13.1 Å². The first-order valence-electron chi connectivity index (χ1n) is 8.40. The molecule has 0 saturated carbocycles. The van der Waals surface area contributed by atoms with Crippen LogP contribution in [0.15, 0.2) is 30.3 Å². The molecule has 3 heteroatoms. The minimum absolute atomic E-state index is 0.357. The Morgan fingerprint density at radius 2 is 2.00 bits per heavy atom. The average Bonchev–Trinajstić information content (AvgIpc) is 3.02. The summed E-state index contributed by atoms with van der Waals surface area (Å²) in [4.78, 5) is 14.8. The van der Waals surface area contributed by atoms with Crippen molar-refractivity contribution in [3.05, 3.63) is 35.9 Å². The Hall–Kier alpha value is -1.35. The molecule has 2 fully saturated rings. The van der Waals surface area contributed by atoms with Crippen molar-refractivity contribution in [3.63, 3.8) is 0 Å². The van der Waals surface area contributed by atoms with Gasteiger partial charge in [-0.25, -0.2) is 0 Å². The predicted molar refractivity (Wildman–Crippen MR) is 85.1 cm³/mol. The Morgan fingerprint density at radius 1 is 1.14 bits per heavy atom. The summed E-state index contributed by atoms with van der Waals surface area (Å²) < 4.78 is 0. The molecule has 1 amide bonds. The van der Waals surface area contributed by atoms with Crippen LogP contribution in [-0.4, -0.2) is 36.0 Å². The second-order valence-corrected chi connectivity index (χ2v) is 6.42. The lowest BCUT2D eigenvalue weighted by Gasteiger charge is -2.36. The number of nitrogens with zero attached hydrogens (tertiary/aromatic N) is 1. The van der Waals surface area contributed by atoms with Crippen molar-refractivity contribution >= 4 is 5.91 Å². The summed E-state index contributed by atoms with van der Waals surface area (Å²) in [6.45, 7) is 2.02. The van der Waals surface area contributed by atoms with Crippen LogP contribution in [0.2, 0.25) is 0 Å². The van der Waals surface area contributed by atoms with E-state index in [-0.39, 0.29) is 0 Å². The van der Waals surface area contributed by atoms with Gasteiger partial charge in [0.1, 0.15) is 0 Å². The summed E-state index contributed by atoms with van der Waals surface area (Å²) in [6.07, 6.45) is 7.63. The Morgan fingerprint density at radius 3 is 2.76 bits per heavy atom. The van der Waals surface area contributed by atoms with Crippen LogP contribution in [0.25, 0.3) is 0 Å². The van der Waals surface area contributed by atoms with E-state index in [1.807, 2.05) is 0 Å². The molecule has 2 aliphatic heterocycles. The number of piperidine rings is 1. The normalized spacial score (nSPS) is 26.0. The van der Waals surface area contributed by atoms with Crippen molar-refractivity contribution in [2.45, 2.75) is 57.0 Å². The zero-order valence-electron chi connectivity index (χ0n) is 12.8. The molecule has 1 aromatic carbocycles. The summed E-state index contributed by atoms with van der Waals surface area (Å²) in [6, 6.07) is 11.4. The molecule has 0 bridgehead atoms. The largest absolute Gasteiger partial charge is 0.339 e. The van der Waals surface area contributed by atoms with Crippen molar-refractivity contribution < 1.29 is 4.79 Å². The minimum atomic E-state index is 0.357. The molecule has 0 aliphatic carbocycles. The van der Waals surface area contributed by atoms with E-state index in [2.05, 4.69) is 40.5 Å². The maximum atomic E-state index is 12.6. The van der Waals surface area contributed by atoms with E-state index in [1.165, 1.54) is 18.4 Å². The van der Waals surface area contributed by atoms with Gasteiger partial charge in [0, 0.05) is 25.0 Å². The molecule has 1 aromatic rings. The second kappa shape index (κ2) is 7.08. The predicted octanol–water partition coefficient (Wildman–Crippen LogP) is 2.75. The van der Waals surface area contributed by atoms with E-state index >= 15 is 0 Å². The Balaban J connectivity index is 1.61. The standard InChI is InChI=1S/C18H26N2O/c21-18(14-16-9-6-11-19-16)20-12-5-4-10-17(20)13-15-7-2-1-3-8-15/h1-3,7-8,16-17,19H,4-6,9-14H2. The molecular formula is C18H26N2O. The van der Waals surface area contributed by atoms with Crippen LogP contribution in [-0.2, 0) is 11.2 Å². The number of benzene rings is 1. The smallest absolute Gasteiger partial charge is 0.224 e. The van der Waals surface area contributed by atoms with Gasteiger partial charge >= 0.3 is 0 Å². The van der Waals surface area contributed by atoms with Gasteiger partial charge in [-0.1, -0.05) is 30.3 Å². The lowest BCUT2D eigenvalue weighted by molar-refractivity contribution is -0.135. The Kier molecular flexibility index (Phi) is 4.91. The van der Waals surface area contributed by atoms with Crippen LogP contribution in [0.4, 0.5) is 0 Å². The zero-order chi connectivity index (χ0) is 14.5. The number of carbonyl (C=O) groups excluding carboxylic acids is 1. The number of carbonyl (C=O) groups is 1. The molecule has 2 unspecified atom stereocenters. The molecule has 3 rings (SSSR count).